The van der Waals surface area contributed by atoms with Gasteiger partial charge in [0.25, 0.3) is 0 Å². The standard InChI is InChI=1S/C10H7BrClNO/c11-10-5-9(6-14-10)13-8-3-1-7(12)2-4-8/h1-6,13H. The van der Waals surface area contributed by atoms with Crippen LogP contribution in [0.2, 0.25) is 5.02 Å². The van der Waals surface area contributed by atoms with E-state index in [2.05, 4.69) is 21.2 Å². The van der Waals surface area contributed by atoms with E-state index in [-0.39, 0.29) is 0 Å². The van der Waals surface area contributed by atoms with E-state index in [9.17, 15) is 0 Å². The number of benzene rings is 1. The van der Waals surface area contributed by atoms with E-state index in [1.54, 1.807) is 6.26 Å². The normalized spacial score (nSPS) is 10.1. The van der Waals surface area contributed by atoms with Gasteiger partial charge in [-0.1, -0.05) is 11.6 Å². The lowest BCUT2D eigenvalue weighted by atomic mass is 10.3. The highest BCUT2D eigenvalue weighted by atomic mass is 79.9. The van der Waals surface area contributed by atoms with Crippen LogP contribution in [0.15, 0.2) is 45.7 Å². The fraction of sp³-hybridized carbons (Fsp3) is 0. The molecule has 0 aliphatic carbocycles. The zero-order valence-electron chi connectivity index (χ0n) is 7.13. The largest absolute Gasteiger partial charge is 0.455 e. The summed E-state index contributed by atoms with van der Waals surface area (Å²) in [6.07, 6.45) is 1.64. The minimum atomic E-state index is 0.703. The van der Waals surface area contributed by atoms with Crippen LogP contribution in [-0.2, 0) is 0 Å². The fourth-order valence-electron chi connectivity index (χ4n) is 1.08. The van der Waals surface area contributed by atoms with Gasteiger partial charge in [0, 0.05) is 16.8 Å². The molecule has 14 heavy (non-hydrogen) atoms. The minimum Gasteiger partial charge on any atom is -0.455 e. The molecule has 0 bridgehead atoms. The predicted octanol–water partition coefficient (Wildman–Crippen LogP) is 4.44. The van der Waals surface area contributed by atoms with Crippen LogP contribution in [0, 0.1) is 0 Å². The highest BCUT2D eigenvalue weighted by Gasteiger charge is 1.98. The number of hydrogen-bond donors (Lipinski definition) is 1. The second kappa shape index (κ2) is 4.07. The molecule has 1 aromatic heterocycles. The second-order valence-electron chi connectivity index (χ2n) is 2.77. The van der Waals surface area contributed by atoms with Crippen molar-refractivity contribution in [1.82, 2.24) is 0 Å². The van der Waals surface area contributed by atoms with E-state index < -0.39 is 0 Å². The minimum absolute atomic E-state index is 0.703. The Morgan fingerprint density at radius 1 is 1.14 bits per heavy atom. The van der Waals surface area contributed by atoms with Crippen molar-refractivity contribution in [2.75, 3.05) is 5.32 Å². The number of hydrogen-bond acceptors (Lipinski definition) is 2. The molecule has 2 aromatic rings. The van der Waals surface area contributed by atoms with Gasteiger partial charge in [0.05, 0.1) is 5.69 Å². The number of anilines is 2. The third kappa shape index (κ3) is 2.30. The predicted molar refractivity (Wildman–Crippen MR) is 61.1 cm³/mol. The maximum Gasteiger partial charge on any atom is 0.171 e. The lowest BCUT2D eigenvalue weighted by Gasteiger charge is -2.01. The maximum atomic E-state index is 5.76. The Labute approximate surface area is 95.0 Å². The summed E-state index contributed by atoms with van der Waals surface area (Å²) in [7, 11) is 0. The number of halogens is 2. The first-order valence-corrected chi connectivity index (χ1v) is 5.18. The van der Waals surface area contributed by atoms with Gasteiger partial charge in [-0.05, 0) is 40.2 Å². The van der Waals surface area contributed by atoms with Crippen LogP contribution in [0.25, 0.3) is 0 Å². The fourth-order valence-corrected chi connectivity index (χ4v) is 1.54. The summed E-state index contributed by atoms with van der Waals surface area (Å²) in [6.45, 7) is 0. The topological polar surface area (TPSA) is 25.2 Å². The number of furan rings is 1. The molecule has 4 heteroatoms. The summed E-state index contributed by atoms with van der Waals surface area (Å²) >= 11 is 8.99. The van der Waals surface area contributed by atoms with E-state index in [0.717, 1.165) is 16.4 Å². The Morgan fingerprint density at radius 2 is 1.86 bits per heavy atom. The van der Waals surface area contributed by atoms with Crippen molar-refractivity contribution in [3.05, 3.63) is 46.3 Å². The van der Waals surface area contributed by atoms with Gasteiger partial charge in [-0.25, -0.2) is 0 Å². The Bertz CT molecular complexity index is 424. The molecule has 0 saturated heterocycles. The zero-order valence-corrected chi connectivity index (χ0v) is 9.47. The van der Waals surface area contributed by atoms with E-state index >= 15 is 0 Å². The first kappa shape index (κ1) is 9.62. The van der Waals surface area contributed by atoms with Gasteiger partial charge in [0.1, 0.15) is 6.26 Å². The third-order valence-electron chi connectivity index (χ3n) is 1.70. The summed E-state index contributed by atoms with van der Waals surface area (Å²) in [6, 6.07) is 9.33. The van der Waals surface area contributed by atoms with Crippen molar-refractivity contribution >= 4 is 38.9 Å². The molecule has 2 nitrogen and oxygen atoms in total. The van der Waals surface area contributed by atoms with Crippen LogP contribution < -0.4 is 5.32 Å². The molecule has 2 rings (SSSR count). The Kier molecular flexibility index (Phi) is 2.79. The van der Waals surface area contributed by atoms with Gasteiger partial charge >= 0.3 is 0 Å². The van der Waals surface area contributed by atoms with E-state index in [0.29, 0.717) is 4.67 Å². The first-order valence-electron chi connectivity index (χ1n) is 4.01. The van der Waals surface area contributed by atoms with Crippen LogP contribution in [0.5, 0.6) is 0 Å². The monoisotopic (exact) mass is 271 g/mol. The Morgan fingerprint density at radius 3 is 2.43 bits per heavy atom. The van der Waals surface area contributed by atoms with Crippen molar-refractivity contribution in [3.63, 3.8) is 0 Å². The molecule has 1 N–H and O–H groups in total. The lowest BCUT2D eigenvalue weighted by Crippen LogP contribution is -1.86. The van der Waals surface area contributed by atoms with E-state index in [4.69, 9.17) is 16.0 Å². The highest BCUT2D eigenvalue weighted by Crippen LogP contribution is 2.23. The van der Waals surface area contributed by atoms with Crippen molar-refractivity contribution in [2.45, 2.75) is 0 Å². The molecule has 1 heterocycles. The average Bonchev–Trinajstić information content (AvgIpc) is 2.56. The molecule has 72 valence electrons. The summed E-state index contributed by atoms with van der Waals surface area (Å²) in [4.78, 5) is 0. The maximum absolute atomic E-state index is 5.76. The van der Waals surface area contributed by atoms with Crippen molar-refractivity contribution in [2.24, 2.45) is 0 Å². The lowest BCUT2D eigenvalue weighted by molar-refractivity contribution is 0.542. The van der Waals surface area contributed by atoms with Crippen LogP contribution >= 0.6 is 27.5 Å². The molecule has 1 aromatic carbocycles. The van der Waals surface area contributed by atoms with Crippen molar-refractivity contribution in [1.29, 1.82) is 0 Å². The molecule has 0 aliphatic rings. The van der Waals surface area contributed by atoms with Crippen molar-refractivity contribution in [3.8, 4) is 0 Å². The van der Waals surface area contributed by atoms with Gasteiger partial charge in [-0.3, -0.25) is 0 Å². The molecule has 0 fully saturated rings. The Balaban J connectivity index is 2.15. The van der Waals surface area contributed by atoms with Crippen LogP contribution in [0.3, 0.4) is 0 Å². The summed E-state index contributed by atoms with van der Waals surface area (Å²) in [5, 5.41) is 3.90. The second-order valence-corrected chi connectivity index (χ2v) is 3.99. The zero-order chi connectivity index (χ0) is 9.97. The number of nitrogens with one attached hydrogen (secondary N) is 1. The molecule has 0 saturated carbocycles. The third-order valence-corrected chi connectivity index (χ3v) is 2.37. The summed E-state index contributed by atoms with van der Waals surface area (Å²) < 4.78 is 5.79. The molecule has 0 unspecified atom stereocenters. The molecular weight excluding hydrogens is 265 g/mol. The molecule has 0 radical (unpaired) electrons. The van der Waals surface area contributed by atoms with Gasteiger partial charge in [0.2, 0.25) is 0 Å². The molecular formula is C10H7BrClNO. The molecule has 0 spiro atoms. The quantitative estimate of drug-likeness (QED) is 0.874. The van der Waals surface area contributed by atoms with E-state index in [1.165, 1.54) is 0 Å². The number of rotatable bonds is 2. The first-order chi connectivity index (χ1) is 6.74. The highest BCUT2D eigenvalue weighted by molar-refractivity contribution is 9.10. The summed E-state index contributed by atoms with van der Waals surface area (Å²) in [5.41, 5.74) is 1.88. The smallest absolute Gasteiger partial charge is 0.171 e. The summed E-state index contributed by atoms with van der Waals surface area (Å²) in [5.74, 6) is 0. The SMILES string of the molecule is Clc1ccc(Nc2coc(Br)c2)cc1. The van der Waals surface area contributed by atoms with E-state index in [1.807, 2.05) is 30.3 Å². The van der Waals surface area contributed by atoms with Gasteiger partial charge in [-0.15, -0.1) is 0 Å². The average molecular weight is 273 g/mol. The molecule has 0 amide bonds. The molecule has 0 aliphatic heterocycles. The van der Waals surface area contributed by atoms with Crippen LogP contribution in [0.1, 0.15) is 0 Å². The van der Waals surface area contributed by atoms with Gasteiger partial charge in [-0.2, -0.15) is 0 Å². The Hall–Kier alpha value is -0.930. The van der Waals surface area contributed by atoms with Gasteiger partial charge in [0.15, 0.2) is 4.67 Å². The van der Waals surface area contributed by atoms with Crippen LogP contribution in [0.4, 0.5) is 11.4 Å². The van der Waals surface area contributed by atoms with Crippen molar-refractivity contribution < 1.29 is 4.42 Å². The van der Waals surface area contributed by atoms with Gasteiger partial charge < -0.3 is 9.73 Å². The molecule has 0 atom stereocenters. The van der Waals surface area contributed by atoms with Crippen LogP contribution in [-0.4, -0.2) is 0 Å².